The van der Waals surface area contributed by atoms with Crippen molar-refractivity contribution in [2.24, 2.45) is 10.8 Å². The SMILES string of the molecule is CC(C)(C)C(=O)OCn1cc2c(=O)n(COC(=O)C(C)(C)C)cnc2n1. The zero-order valence-corrected chi connectivity index (χ0v) is 15.9. The van der Waals surface area contributed by atoms with Gasteiger partial charge in [-0.2, -0.15) is 0 Å². The quantitative estimate of drug-likeness (QED) is 0.760. The Kier molecular flexibility index (Phi) is 5.20. The molecule has 0 saturated carbocycles. The number of esters is 2. The van der Waals surface area contributed by atoms with Gasteiger partial charge in [0.2, 0.25) is 0 Å². The molecule has 0 aliphatic carbocycles. The van der Waals surface area contributed by atoms with Crippen LogP contribution < -0.4 is 5.56 Å². The molecule has 9 nitrogen and oxygen atoms in total. The van der Waals surface area contributed by atoms with E-state index >= 15 is 0 Å². The summed E-state index contributed by atoms with van der Waals surface area (Å²) >= 11 is 0. The maximum Gasteiger partial charge on any atom is 0.313 e. The lowest BCUT2D eigenvalue weighted by Gasteiger charge is -2.16. The van der Waals surface area contributed by atoms with Gasteiger partial charge in [0.15, 0.2) is 19.1 Å². The molecule has 2 aromatic rings. The van der Waals surface area contributed by atoms with E-state index < -0.39 is 22.4 Å². The Labute approximate surface area is 150 Å². The molecule has 0 N–H and O–H groups in total. The maximum atomic E-state index is 12.5. The number of carbonyl (C=O) groups excluding carboxylic acids is 2. The second-order valence-corrected chi connectivity index (χ2v) is 8.05. The van der Waals surface area contributed by atoms with E-state index in [0.29, 0.717) is 0 Å². The molecule has 0 unspecified atom stereocenters. The number of fused-ring (bicyclic) bond motifs is 1. The minimum absolute atomic E-state index is 0.120. The van der Waals surface area contributed by atoms with E-state index in [0.717, 1.165) is 0 Å². The van der Waals surface area contributed by atoms with Crippen LogP contribution in [0.5, 0.6) is 0 Å². The molecule has 2 aromatic heterocycles. The first kappa shape index (κ1) is 19.6. The molecule has 0 atom stereocenters. The van der Waals surface area contributed by atoms with E-state index in [4.69, 9.17) is 9.47 Å². The van der Waals surface area contributed by atoms with Gasteiger partial charge >= 0.3 is 11.9 Å². The van der Waals surface area contributed by atoms with Crippen LogP contribution >= 0.6 is 0 Å². The van der Waals surface area contributed by atoms with Crippen LogP contribution in [0.1, 0.15) is 41.5 Å². The van der Waals surface area contributed by atoms with Crippen LogP contribution in [0.2, 0.25) is 0 Å². The lowest BCUT2D eigenvalue weighted by Crippen LogP contribution is -2.28. The summed E-state index contributed by atoms with van der Waals surface area (Å²) < 4.78 is 12.8. The lowest BCUT2D eigenvalue weighted by molar-refractivity contribution is -0.158. The van der Waals surface area contributed by atoms with E-state index in [9.17, 15) is 14.4 Å². The van der Waals surface area contributed by atoms with Crippen LogP contribution in [0.15, 0.2) is 17.3 Å². The maximum absolute atomic E-state index is 12.5. The van der Waals surface area contributed by atoms with Crippen molar-refractivity contribution in [1.29, 1.82) is 0 Å². The van der Waals surface area contributed by atoms with Crippen molar-refractivity contribution in [2.45, 2.75) is 55.0 Å². The third kappa shape index (κ3) is 4.47. The molecular weight excluding hydrogens is 340 g/mol. The Morgan fingerprint density at radius 1 is 1.00 bits per heavy atom. The van der Waals surface area contributed by atoms with Crippen LogP contribution in [-0.2, 0) is 32.5 Å². The van der Waals surface area contributed by atoms with E-state index in [-0.39, 0.29) is 30.5 Å². The standard InChI is InChI=1S/C17H24N4O5/c1-16(2,3)14(23)25-9-20-8-18-12-11(13(20)22)7-21(19-12)10-26-15(24)17(4,5)6/h7-8H,9-10H2,1-6H3. The Morgan fingerprint density at radius 2 is 1.54 bits per heavy atom. The highest BCUT2D eigenvalue weighted by molar-refractivity contribution is 5.76. The largest absolute Gasteiger partial charge is 0.443 e. The van der Waals surface area contributed by atoms with Crippen LogP contribution in [0.4, 0.5) is 0 Å². The lowest BCUT2D eigenvalue weighted by atomic mass is 9.97. The molecular formula is C17H24N4O5. The summed E-state index contributed by atoms with van der Waals surface area (Å²) in [7, 11) is 0. The number of carbonyl (C=O) groups is 2. The van der Waals surface area contributed by atoms with Crippen molar-refractivity contribution in [2.75, 3.05) is 0 Å². The fraction of sp³-hybridized carbons (Fsp3) is 0.588. The molecule has 0 aliphatic rings. The van der Waals surface area contributed by atoms with Gasteiger partial charge in [0.25, 0.3) is 5.56 Å². The van der Waals surface area contributed by atoms with Crippen molar-refractivity contribution >= 4 is 23.0 Å². The highest BCUT2D eigenvalue weighted by atomic mass is 16.5. The van der Waals surface area contributed by atoms with Crippen LogP contribution in [0.3, 0.4) is 0 Å². The molecule has 0 bridgehead atoms. The summed E-state index contributed by atoms with van der Waals surface area (Å²) in [6.45, 7) is 10.1. The van der Waals surface area contributed by atoms with Gasteiger partial charge in [-0.1, -0.05) is 0 Å². The Hall–Kier alpha value is -2.71. The summed E-state index contributed by atoms with van der Waals surface area (Å²) in [4.78, 5) is 40.2. The average Bonchev–Trinajstić information content (AvgIpc) is 2.93. The monoisotopic (exact) mass is 364 g/mol. The molecule has 0 amide bonds. The van der Waals surface area contributed by atoms with Crippen molar-refractivity contribution in [1.82, 2.24) is 19.3 Å². The first-order valence-corrected chi connectivity index (χ1v) is 8.16. The summed E-state index contributed by atoms with van der Waals surface area (Å²) in [5.41, 5.74) is -1.47. The van der Waals surface area contributed by atoms with Gasteiger partial charge in [-0.05, 0) is 41.5 Å². The molecule has 0 spiro atoms. The summed E-state index contributed by atoms with van der Waals surface area (Å²) in [5, 5.41) is 4.35. The molecule has 0 aliphatic heterocycles. The third-order valence-corrected chi connectivity index (χ3v) is 3.44. The third-order valence-electron chi connectivity index (χ3n) is 3.44. The average molecular weight is 364 g/mol. The first-order valence-electron chi connectivity index (χ1n) is 8.16. The Morgan fingerprint density at radius 3 is 2.08 bits per heavy atom. The van der Waals surface area contributed by atoms with E-state index in [2.05, 4.69) is 10.1 Å². The minimum atomic E-state index is -0.664. The highest BCUT2D eigenvalue weighted by Gasteiger charge is 2.24. The van der Waals surface area contributed by atoms with Gasteiger partial charge in [0.1, 0.15) is 11.7 Å². The van der Waals surface area contributed by atoms with Crippen LogP contribution in [0.25, 0.3) is 11.0 Å². The van der Waals surface area contributed by atoms with Crippen molar-refractivity contribution in [3.63, 3.8) is 0 Å². The van der Waals surface area contributed by atoms with Crippen LogP contribution in [-0.4, -0.2) is 31.3 Å². The first-order chi connectivity index (χ1) is 11.9. The summed E-state index contributed by atoms with van der Waals surface area (Å²) in [6, 6.07) is 0. The molecule has 2 heterocycles. The number of ether oxygens (including phenoxy) is 2. The topological polar surface area (TPSA) is 105 Å². The van der Waals surface area contributed by atoms with Crippen molar-refractivity contribution in [3.05, 3.63) is 22.9 Å². The van der Waals surface area contributed by atoms with Gasteiger partial charge in [0.05, 0.1) is 10.8 Å². The van der Waals surface area contributed by atoms with E-state index in [1.165, 1.54) is 21.8 Å². The number of nitrogens with zero attached hydrogens (tertiary/aromatic N) is 4. The minimum Gasteiger partial charge on any atom is -0.443 e. The van der Waals surface area contributed by atoms with E-state index in [1.807, 2.05) is 0 Å². The number of hydrogen-bond acceptors (Lipinski definition) is 7. The predicted molar refractivity (Wildman–Crippen MR) is 92.9 cm³/mol. The predicted octanol–water partition coefficient (Wildman–Crippen LogP) is 1.69. The van der Waals surface area contributed by atoms with Gasteiger partial charge < -0.3 is 9.47 Å². The molecule has 9 heteroatoms. The second-order valence-electron chi connectivity index (χ2n) is 8.05. The number of hydrogen-bond donors (Lipinski definition) is 0. The van der Waals surface area contributed by atoms with Crippen molar-refractivity contribution < 1.29 is 19.1 Å². The summed E-state index contributed by atoms with van der Waals surface area (Å²) in [5.74, 6) is -0.800. The fourth-order valence-electron chi connectivity index (χ4n) is 1.83. The van der Waals surface area contributed by atoms with Gasteiger partial charge in [-0.25, -0.2) is 9.67 Å². The Bertz CT molecular complexity index is 883. The second kappa shape index (κ2) is 6.89. The summed E-state index contributed by atoms with van der Waals surface area (Å²) in [6.07, 6.45) is 2.71. The molecule has 0 radical (unpaired) electrons. The number of aromatic nitrogens is 4. The van der Waals surface area contributed by atoms with Gasteiger partial charge in [0, 0.05) is 6.20 Å². The number of rotatable bonds is 4. The van der Waals surface area contributed by atoms with Gasteiger partial charge in [-0.15, -0.1) is 5.10 Å². The van der Waals surface area contributed by atoms with Gasteiger partial charge in [-0.3, -0.25) is 19.0 Å². The Balaban J connectivity index is 2.15. The molecule has 0 saturated heterocycles. The molecule has 0 fully saturated rings. The fourth-order valence-corrected chi connectivity index (χ4v) is 1.83. The normalized spacial score (nSPS) is 12.2. The molecule has 0 aromatic carbocycles. The molecule has 26 heavy (non-hydrogen) atoms. The zero-order chi connectivity index (χ0) is 19.7. The molecule has 2 rings (SSSR count). The van der Waals surface area contributed by atoms with E-state index in [1.54, 1.807) is 41.5 Å². The highest BCUT2D eigenvalue weighted by Crippen LogP contribution is 2.16. The zero-order valence-electron chi connectivity index (χ0n) is 15.9. The smallest absolute Gasteiger partial charge is 0.313 e. The van der Waals surface area contributed by atoms with Crippen LogP contribution in [0, 0.1) is 10.8 Å². The molecule has 142 valence electrons. The van der Waals surface area contributed by atoms with Crippen molar-refractivity contribution in [3.8, 4) is 0 Å².